The molecule has 3 aliphatic heterocycles. The summed E-state index contributed by atoms with van der Waals surface area (Å²) >= 11 is 6.61. The number of aromatic nitrogens is 3. The van der Waals surface area contributed by atoms with Gasteiger partial charge in [-0.15, -0.1) is 0 Å². The average Bonchev–Trinajstić information content (AvgIpc) is 3.71. The third-order valence-electron chi connectivity index (χ3n) is 7.07. The molecule has 0 amide bonds. The average molecular weight is 519 g/mol. The van der Waals surface area contributed by atoms with E-state index in [9.17, 15) is 5.11 Å². The van der Waals surface area contributed by atoms with Crippen molar-refractivity contribution < 1.29 is 24.6 Å². The summed E-state index contributed by atoms with van der Waals surface area (Å²) in [6, 6.07) is 18.8. The fraction of sp³-hybridized carbons (Fsp3) is 0.296. The van der Waals surface area contributed by atoms with E-state index in [0.717, 1.165) is 41.2 Å². The number of aliphatic imine (C=N–C) groups is 1. The molecule has 0 saturated carbocycles. The number of amidine groups is 1. The Morgan fingerprint density at radius 1 is 0.919 bits per heavy atom. The van der Waals surface area contributed by atoms with Gasteiger partial charge in [0.15, 0.2) is 11.8 Å². The number of nitrogens with two attached hydrogens (primary N) is 1. The second kappa shape index (κ2) is 9.20. The molecule has 0 bridgehead atoms. The first-order valence-electron chi connectivity index (χ1n) is 12.4. The van der Waals surface area contributed by atoms with Crippen molar-refractivity contribution in [3.63, 3.8) is 0 Å². The van der Waals surface area contributed by atoms with Crippen LogP contribution in [0.1, 0.15) is 5.56 Å². The molecule has 2 aromatic carbocycles. The zero-order valence-electron chi connectivity index (χ0n) is 19.8. The van der Waals surface area contributed by atoms with Gasteiger partial charge >= 0.3 is 0 Å². The molecule has 7 rings (SSSR count). The van der Waals surface area contributed by atoms with Gasteiger partial charge in [-0.2, -0.15) is 4.98 Å². The molecule has 2 aromatic heterocycles. The number of imidazole rings is 1. The predicted molar refractivity (Wildman–Crippen MR) is 138 cm³/mol. The van der Waals surface area contributed by atoms with Crippen LogP contribution in [0.5, 0.6) is 6.01 Å². The summed E-state index contributed by atoms with van der Waals surface area (Å²) in [7, 11) is 0. The molecule has 2 saturated heterocycles. The predicted octanol–water partition coefficient (Wildman–Crippen LogP) is 2.17. The number of benzene rings is 2. The normalized spacial score (nSPS) is 25.0. The summed E-state index contributed by atoms with van der Waals surface area (Å²) < 4.78 is 17.3. The van der Waals surface area contributed by atoms with Gasteiger partial charge in [0, 0.05) is 5.56 Å². The number of nitrogens with one attached hydrogen (secondary N) is 1. The maximum absolute atomic E-state index is 9.94. The van der Waals surface area contributed by atoms with E-state index in [2.05, 4.69) is 56.7 Å². The van der Waals surface area contributed by atoms with E-state index in [1.165, 1.54) is 0 Å². The maximum Gasteiger partial charge on any atom is 0.296 e. The highest BCUT2D eigenvalue weighted by atomic mass is 35.5. The van der Waals surface area contributed by atoms with Crippen LogP contribution in [0.3, 0.4) is 0 Å². The van der Waals surface area contributed by atoms with Gasteiger partial charge in [0.25, 0.3) is 6.01 Å². The molecule has 2 fully saturated rings. The lowest BCUT2D eigenvalue weighted by Gasteiger charge is -2.15. The van der Waals surface area contributed by atoms with Crippen molar-refractivity contribution in [3.8, 4) is 28.4 Å². The number of nitrogens with zero attached hydrogens (tertiary/aromatic N) is 3. The second-order valence-electron chi connectivity index (χ2n) is 9.47. The van der Waals surface area contributed by atoms with Crippen molar-refractivity contribution in [1.82, 2.24) is 15.0 Å². The number of aromatic amines is 1. The van der Waals surface area contributed by atoms with Crippen molar-refractivity contribution in [1.29, 1.82) is 0 Å². The number of hydrogen-bond donors (Lipinski definition) is 3. The molecular formula is C27H25ClN5O4+. The monoisotopic (exact) mass is 518 g/mol. The van der Waals surface area contributed by atoms with E-state index in [1.807, 2.05) is 12.1 Å². The standard InChI is InChI=1S/C27H24ClN5O4/c28-18-11-19-26(33-27(31-19)37-21-13-36-23-20(34)12-35-24(21)23)32-22(18)16-5-1-14(2-6-16)15-3-7-17(8-4-15)25-29-9-10-30-25/h1-8,11,20-21,23-24,34H,9-10,12-13H2,(H,29,30)(H,31,32,33)/p+1/t20-,21-,23-,24-/m1/s1. The third kappa shape index (κ3) is 4.18. The molecule has 4 N–H and O–H groups in total. The largest absolute Gasteiger partial charge is 0.456 e. The Morgan fingerprint density at radius 2 is 1.62 bits per heavy atom. The smallest absolute Gasteiger partial charge is 0.296 e. The highest BCUT2D eigenvalue weighted by molar-refractivity contribution is 6.33. The Morgan fingerprint density at radius 3 is 2.35 bits per heavy atom. The van der Waals surface area contributed by atoms with Crippen LogP contribution in [0.25, 0.3) is 33.5 Å². The number of ether oxygens (including phenoxy) is 3. The molecule has 4 atom stereocenters. The topological polar surface area (TPSA) is 118 Å². The Hall–Kier alpha value is -3.34. The lowest BCUT2D eigenvalue weighted by atomic mass is 10.0. The summed E-state index contributed by atoms with van der Waals surface area (Å²) in [5.41, 5.74) is 6.11. The summed E-state index contributed by atoms with van der Waals surface area (Å²) in [4.78, 5) is 16.9. The molecule has 10 heteroatoms. The number of rotatable bonds is 5. The number of quaternary nitrogens is 1. The Bertz CT molecular complexity index is 1490. The first-order chi connectivity index (χ1) is 18.1. The van der Waals surface area contributed by atoms with E-state index < -0.39 is 6.10 Å². The van der Waals surface area contributed by atoms with Crippen LogP contribution in [0.2, 0.25) is 5.02 Å². The lowest BCUT2D eigenvalue weighted by molar-refractivity contribution is -0.526. The van der Waals surface area contributed by atoms with Crippen LogP contribution in [0.4, 0.5) is 0 Å². The van der Waals surface area contributed by atoms with Crippen molar-refractivity contribution in [2.45, 2.75) is 24.4 Å². The van der Waals surface area contributed by atoms with Crippen molar-refractivity contribution in [3.05, 3.63) is 65.2 Å². The van der Waals surface area contributed by atoms with Crippen LogP contribution in [0.15, 0.2) is 59.6 Å². The van der Waals surface area contributed by atoms with Crippen LogP contribution in [0, 0.1) is 0 Å². The third-order valence-corrected chi connectivity index (χ3v) is 7.36. The SMILES string of the molecule is O[C@@H]1CO[C@H]2[C@@H]1OC[C@H]2Oc1nc2nc(-c3ccc(-c4ccc(C5=NCC[NH2+]5)cc4)cc3)c(Cl)cc2[nH]1. The Kier molecular flexibility index (Phi) is 5.67. The lowest BCUT2D eigenvalue weighted by Crippen LogP contribution is -2.86. The zero-order valence-corrected chi connectivity index (χ0v) is 20.6. The fourth-order valence-electron chi connectivity index (χ4n) is 5.16. The highest BCUT2D eigenvalue weighted by Crippen LogP contribution is 2.33. The summed E-state index contributed by atoms with van der Waals surface area (Å²) in [6.45, 7) is 2.47. The van der Waals surface area contributed by atoms with Crippen LogP contribution in [-0.4, -0.2) is 76.6 Å². The highest BCUT2D eigenvalue weighted by Gasteiger charge is 2.48. The van der Waals surface area contributed by atoms with Crippen molar-refractivity contribution >= 4 is 28.6 Å². The van der Waals surface area contributed by atoms with Crippen molar-refractivity contribution in [2.75, 3.05) is 26.3 Å². The number of hydrogen-bond acceptors (Lipinski definition) is 7. The van der Waals surface area contributed by atoms with Gasteiger partial charge < -0.3 is 24.3 Å². The number of H-pyrrole nitrogens is 1. The van der Waals surface area contributed by atoms with Crippen LogP contribution >= 0.6 is 11.6 Å². The number of pyridine rings is 1. The summed E-state index contributed by atoms with van der Waals surface area (Å²) in [5, 5.41) is 12.6. The van der Waals surface area contributed by atoms with E-state index in [4.69, 9.17) is 30.8 Å². The first kappa shape index (κ1) is 22.8. The molecule has 37 heavy (non-hydrogen) atoms. The van der Waals surface area contributed by atoms with E-state index in [0.29, 0.717) is 34.5 Å². The van der Waals surface area contributed by atoms with Crippen LogP contribution in [-0.2, 0) is 9.47 Å². The summed E-state index contributed by atoms with van der Waals surface area (Å²) in [6.07, 6.45) is -1.67. The fourth-order valence-corrected chi connectivity index (χ4v) is 5.42. The molecule has 9 nitrogen and oxygen atoms in total. The molecule has 0 unspecified atom stereocenters. The van der Waals surface area contributed by atoms with Crippen molar-refractivity contribution in [2.24, 2.45) is 4.99 Å². The number of aliphatic hydroxyl groups excluding tert-OH is 1. The molecule has 3 aliphatic rings. The Balaban J connectivity index is 1.11. The minimum Gasteiger partial charge on any atom is -0.456 e. The molecule has 5 heterocycles. The maximum atomic E-state index is 9.94. The quantitative estimate of drug-likeness (QED) is 0.373. The van der Waals surface area contributed by atoms with Gasteiger partial charge in [0.2, 0.25) is 5.84 Å². The molecule has 4 aromatic rings. The number of halogens is 1. The summed E-state index contributed by atoms with van der Waals surface area (Å²) in [5.74, 6) is 1.08. The van der Waals surface area contributed by atoms with Gasteiger partial charge in [0.05, 0.1) is 41.6 Å². The molecule has 188 valence electrons. The minimum absolute atomic E-state index is 0.244. The molecular weight excluding hydrogens is 494 g/mol. The van der Waals surface area contributed by atoms with Crippen LogP contribution < -0.4 is 10.1 Å². The first-order valence-corrected chi connectivity index (χ1v) is 12.7. The van der Waals surface area contributed by atoms with Gasteiger partial charge in [0.1, 0.15) is 24.9 Å². The second-order valence-corrected chi connectivity index (χ2v) is 9.87. The van der Waals surface area contributed by atoms with Gasteiger partial charge in [-0.05, 0) is 29.3 Å². The molecule has 0 radical (unpaired) electrons. The molecule has 0 aliphatic carbocycles. The van der Waals surface area contributed by atoms with Gasteiger partial charge in [-0.25, -0.2) is 9.98 Å². The van der Waals surface area contributed by atoms with E-state index in [-0.39, 0.29) is 24.9 Å². The Labute approximate surface area is 217 Å². The number of fused-ring (bicyclic) bond motifs is 2. The van der Waals surface area contributed by atoms with E-state index in [1.54, 1.807) is 6.07 Å². The number of aliphatic hydroxyl groups is 1. The zero-order chi connectivity index (χ0) is 24.9. The van der Waals surface area contributed by atoms with E-state index >= 15 is 0 Å². The minimum atomic E-state index is -0.631. The van der Waals surface area contributed by atoms with Gasteiger partial charge in [-0.1, -0.05) is 48.0 Å². The van der Waals surface area contributed by atoms with Gasteiger partial charge in [-0.3, -0.25) is 5.32 Å². The molecule has 0 spiro atoms.